The molecule has 1 aromatic carbocycles. The summed E-state index contributed by atoms with van der Waals surface area (Å²) < 4.78 is 5.53. The van der Waals surface area contributed by atoms with Crippen molar-refractivity contribution in [2.75, 3.05) is 57.3 Å². The van der Waals surface area contributed by atoms with Crippen molar-refractivity contribution in [2.45, 2.75) is 0 Å². The number of nitrogens with zero attached hydrogens (tertiary/aromatic N) is 5. The van der Waals surface area contributed by atoms with E-state index < -0.39 is 0 Å². The number of likely N-dealkylation sites (N-methyl/N-ethyl adjacent to an activating group) is 2. The molecular weight excluding hydrogens is 330 g/mol. The van der Waals surface area contributed by atoms with Crippen molar-refractivity contribution in [1.82, 2.24) is 14.9 Å². The fraction of sp³-hybridized carbons (Fsp3) is 0.333. The van der Waals surface area contributed by atoms with Gasteiger partial charge in [0.15, 0.2) is 0 Å². The van der Waals surface area contributed by atoms with Crippen molar-refractivity contribution >= 4 is 34.7 Å². The molecule has 1 heterocycles. The summed E-state index contributed by atoms with van der Waals surface area (Å²) in [6.45, 7) is 5.33. The van der Waals surface area contributed by atoms with Crippen molar-refractivity contribution in [2.24, 2.45) is 4.99 Å². The first kappa shape index (κ1) is 19.2. The Morgan fingerprint density at radius 2 is 2.08 bits per heavy atom. The van der Waals surface area contributed by atoms with Gasteiger partial charge in [-0.25, -0.2) is 9.98 Å². The zero-order valence-electron chi connectivity index (χ0n) is 15.7. The molecule has 0 aliphatic carbocycles. The van der Waals surface area contributed by atoms with Gasteiger partial charge in [0, 0.05) is 32.4 Å². The highest BCUT2D eigenvalue weighted by Crippen LogP contribution is 2.39. The highest BCUT2D eigenvalue weighted by molar-refractivity contribution is 5.80. The molecule has 0 amide bonds. The van der Waals surface area contributed by atoms with Crippen LogP contribution in [0, 0.1) is 0 Å². The fourth-order valence-electron chi connectivity index (χ4n) is 2.33. The van der Waals surface area contributed by atoms with Gasteiger partial charge in [-0.1, -0.05) is 0 Å². The molecule has 8 heteroatoms. The molecule has 0 aliphatic rings. The molecule has 0 fully saturated rings. The van der Waals surface area contributed by atoms with Gasteiger partial charge >= 0.3 is 0 Å². The third-order valence-electron chi connectivity index (χ3n) is 3.71. The minimum absolute atomic E-state index is 0.380. The molecule has 1 aromatic heterocycles. The van der Waals surface area contributed by atoms with Crippen LogP contribution in [0.3, 0.4) is 0 Å². The molecule has 0 radical (unpaired) electrons. The van der Waals surface area contributed by atoms with E-state index in [1.807, 2.05) is 33.3 Å². The minimum atomic E-state index is 0.380. The number of rotatable bonds is 8. The number of hydrogen-bond acceptors (Lipinski definition) is 8. The van der Waals surface area contributed by atoms with Crippen LogP contribution < -0.4 is 20.7 Å². The Labute approximate surface area is 154 Å². The quantitative estimate of drug-likeness (QED) is 0.702. The average Bonchev–Trinajstić information content (AvgIpc) is 2.60. The number of nitrogens with two attached hydrogens (primary N) is 1. The maximum absolute atomic E-state index is 5.71. The molecule has 0 saturated carbocycles. The van der Waals surface area contributed by atoms with E-state index in [0.717, 1.165) is 18.8 Å². The Kier molecular flexibility index (Phi) is 6.54. The third-order valence-corrected chi connectivity index (χ3v) is 3.71. The number of anilines is 4. The fourth-order valence-corrected chi connectivity index (χ4v) is 2.33. The van der Waals surface area contributed by atoms with Crippen LogP contribution in [0.4, 0.5) is 28.8 Å². The van der Waals surface area contributed by atoms with Crippen molar-refractivity contribution < 1.29 is 4.74 Å². The average molecular weight is 355 g/mol. The zero-order valence-corrected chi connectivity index (χ0v) is 15.7. The van der Waals surface area contributed by atoms with Crippen LogP contribution in [0.15, 0.2) is 36.0 Å². The highest BCUT2D eigenvalue weighted by Gasteiger charge is 2.15. The van der Waals surface area contributed by atoms with Gasteiger partial charge in [-0.2, -0.15) is 4.98 Å². The van der Waals surface area contributed by atoms with E-state index in [-0.39, 0.29) is 0 Å². The van der Waals surface area contributed by atoms with Crippen molar-refractivity contribution in [1.29, 1.82) is 0 Å². The Bertz CT molecular complexity index is 800. The molecule has 0 aliphatic heterocycles. The lowest BCUT2D eigenvalue weighted by Gasteiger charge is -2.24. The second-order valence-corrected chi connectivity index (χ2v) is 5.97. The summed E-state index contributed by atoms with van der Waals surface area (Å²) in [4.78, 5) is 16.8. The largest absolute Gasteiger partial charge is 0.494 e. The van der Waals surface area contributed by atoms with Gasteiger partial charge in [0.05, 0.1) is 24.2 Å². The molecule has 2 rings (SSSR count). The van der Waals surface area contributed by atoms with Gasteiger partial charge in [-0.05, 0) is 38.7 Å². The van der Waals surface area contributed by atoms with Gasteiger partial charge in [0.2, 0.25) is 5.95 Å². The number of nitrogens with one attached hydrogen (secondary N) is 1. The van der Waals surface area contributed by atoms with Crippen LogP contribution in [-0.4, -0.2) is 62.1 Å². The first-order valence-electron chi connectivity index (χ1n) is 8.11. The molecule has 0 saturated heterocycles. The summed E-state index contributed by atoms with van der Waals surface area (Å²) in [5.74, 6) is 4.00. The number of hydrogen-bond donors (Lipinski definition) is 2. The molecule has 26 heavy (non-hydrogen) atoms. The van der Waals surface area contributed by atoms with E-state index in [2.05, 4.69) is 42.5 Å². The topological polar surface area (TPSA) is 91.9 Å². The Morgan fingerprint density at radius 1 is 1.31 bits per heavy atom. The number of aromatic nitrogens is 2. The number of methoxy groups -OCH3 is 1. The molecule has 0 atom stereocenters. The predicted molar refractivity (Wildman–Crippen MR) is 107 cm³/mol. The van der Waals surface area contributed by atoms with E-state index in [4.69, 9.17) is 10.5 Å². The summed E-state index contributed by atoms with van der Waals surface area (Å²) in [6, 6.07) is 5.39. The minimum Gasteiger partial charge on any atom is -0.494 e. The molecule has 0 unspecified atom stereocenters. The Hall–Kier alpha value is -3.09. The van der Waals surface area contributed by atoms with Crippen molar-refractivity contribution in [3.8, 4) is 5.75 Å². The molecule has 3 N–H and O–H groups in total. The normalized spacial score (nSPS) is 10.3. The number of nitrogen functional groups attached to an aromatic ring is 1. The van der Waals surface area contributed by atoms with Gasteiger partial charge in [-0.15, -0.1) is 0 Å². The molecule has 0 bridgehead atoms. The Balaban J connectivity index is 2.40. The lowest BCUT2D eigenvalue weighted by molar-refractivity contribution is 0.413. The van der Waals surface area contributed by atoms with Gasteiger partial charge in [0.25, 0.3) is 0 Å². The molecule has 2 aromatic rings. The van der Waals surface area contributed by atoms with Crippen LogP contribution in [0.1, 0.15) is 0 Å². The molecule has 0 spiro atoms. The predicted octanol–water partition coefficient (Wildman–Crippen LogP) is 2.30. The van der Waals surface area contributed by atoms with Gasteiger partial charge in [0.1, 0.15) is 11.6 Å². The van der Waals surface area contributed by atoms with E-state index in [1.54, 1.807) is 19.4 Å². The van der Waals surface area contributed by atoms with Crippen LogP contribution in [0.25, 0.3) is 0 Å². The summed E-state index contributed by atoms with van der Waals surface area (Å²) in [7, 11) is 7.70. The molecule has 138 valence electrons. The van der Waals surface area contributed by atoms with Crippen molar-refractivity contribution in [3.63, 3.8) is 0 Å². The number of ether oxygens (including phenoxy) is 1. The van der Waals surface area contributed by atoms with E-state index >= 15 is 0 Å². The van der Waals surface area contributed by atoms with Crippen molar-refractivity contribution in [3.05, 3.63) is 31.0 Å². The van der Waals surface area contributed by atoms with Crippen LogP contribution in [0.2, 0.25) is 0 Å². The standard InChI is InChI=1S/C18H25N7O/c1-6-20-13-11-14(22-18-21-8-7-17(19)23-18)16(26-5)12-15(13)25(4)10-9-24(2)3/h7-8,11-12H,1,9-10H2,2-5H3,(H3,19,21,22,23). The molecular formula is C18H25N7O. The zero-order chi connectivity index (χ0) is 19.1. The van der Waals surface area contributed by atoms with E-state index in [1.165, 1.54) is 0 Å². The van der Waals surface area contributed by atoms with E-state index in [9.17, 15) is 0 Å². The third kappa shape index (κ3) is 4.95. The van der Waals surface area contributed by atoms with Gasteiger partial charge in [-0.3, -0.25) is 0 Å². The van der Waals surface area contributed by atoms with Crippen LogP contribution in [-0.2, 0) is 0 Å². The Morgan fingerprint density at radius 3 is 2.69 bits per heavy atom. The first-order valence-corrected chi connectivity index (χ1v) is 8.11. The lowest BCUT2D eigenvalue weighted by Crippen LogP contribution is -2.28. The highest BCUT2D eigenvalue weighted by atomic mass is 16.5. The maximum atomic E-state index is 5.71. The second-order valence-electron chi connectivity index (χ2n) is 5.97. The molecule has 8 nitrogen and oxygen atoms in total. The van der Waals surface area contributed by atoms with Gasteiger partial charge < -0.3 is 25.6 Å². The second kappa shape index (κ2) is 8.84. The summed E-state index contributed by atoms with van der Waals surface area (Å²) >= 11 is 0. The summed E-state index contributed by atoms with van der Waals surface area (Å²) in [5.41, 5.74) is 8.02. The summed E-state index contributed by atoms with van der Waals surface area (Å²) in [6.07, 6.45) is 1.59. The van der Waals surface area contributed by atoms with E-state index in [0.29, 0.717) is 28.9 Å². The summed E-state index contributed by atoms with van der Waals surface area (Å²) in [5, 5.41) is 3.12. The monoisotopic (exact) mass is 355 g/mol. The maximum Gasteiger partial charge on any atom is 0.229 e. The first-order chi connectivity index (χ1) is 12.4. The smallest absolute Gasteiger partial charge is 0.229 e. The van der Waals surface area contributed by atoms with Crippen LogP contribution in [0.5, 0.6) is 5.75 Å². The number of benzene rings is 1. The van der Waals surface area contributed by atoms with Crippen LogP contribution >= 0.6 is 0 Å². The SMILES string of the molecule is C=C=Nc1cc(Nc2nccc(N)n2)c(OC)cc1N(C)CCN(C)C. The lowest BCUT2D eigenvalue weighted by atomic mass is 10.2. The number of aliphatic imine (C=N–C) groups is 1.